The van der Waals surface area contributed by atoms with Gasteiger partial charge in [0, 0.05) is 48.6 Å². The monoisotopic (exact) mass is 643 g/mol. The summed E-state index contributed by atoms with van der Waals surface area (Å²) in [7, 11) is 0. The van der Waals surface area contributed by atoms with Crippen molar-refractivity contribution < 1.29 is 28.5 Å². The molecule has 0 spiro atoms. The highest BCUT2D eigenvalue weighted by Crippen LogP contribution is 2.40. The Morgan fingerprint density at radius 3 is 2.57 bits per heavy atom. The molecule has 5 heterocycles. The molecule has 0 saturated carbocycles. The molecule has 0 aliphatic carbocycles. The van der Waals surface area contributed by atoms with E-state index in [1.165, 1.54) is 12.1 Å². The summed E-state index contributed by atoms with van der Waals surface area (Å²) in [4.78, 5) is 20.1. The molecule has 1 fully saturated rings. The van der Waals surface area contributed by atoms with Crippen LogP contribution >= 0.6 is 0 Å². The molecule has 7 rings (SSSR count). The van der Waals surface area contributed by atoms with E-state index in [9.17, 15) is 14.3 Å². The quantitative estimate of drug-likeness (QED) is 0.240. The molecule has 2 atom stereocenters. The van der Waals surface area contributed by atoms with Crippen LogP contribution < -0.4 is 9.64 Å². The third kappa shape index (κ3) is 7.16. The van der Waals surface area contributed by atoms with Gasteiger partial charge in [0.05, 0.1) is 23.0 Å². The maximum Gasteiger partial charge on any atom is 0.337 e. The van der Waals surface area contributed by atoms with Crippen LogP contribution in [0.2, 0.25) is 0 Å². The largest absolute Gasteiger partial charge is 0.490 e. The van der Waals surface area contributed by atoms with E-state index in [4.69, 9.17) is 19.2 Å². The number of nitrogens with zero attached hydrogens (tertiary/aromatic N) is 3. The van der Waals surface area contributed by atoms with Crippen molar-refractivity contribution in [2.45, 2.75) is 97.1 Å². The Morgan fingerprint density at radius 2 is 1.85 bits per heavy atom. The molecule has 3 aliphatic heterocycles. The maximum absolute atomic E-state index is 14.5. The number of carboxylic acids is 1. The molecule has 0 amide bonds. The van der Waals surface area contributed by atoms with Crippen LogP contribution in [0.25, 0.3) is 28.0 Å². The third-order valence-electron chi connectivity index (χ3n) is 9.25. The normalized spacial score (nSPS) is 21.3. The molecule has 250 valence electrons. The number of rotatable bonds is 3. The number of fused-ring (bicyclic) bond motifs is 8. The molecule has 2 aromatic carbocycles. The fraction of sp³-hybridized carbons (Fsp3) is 0.474. The molecule has 0 radical (unpaired) electrons. The van der Waals surface area contributed by atoms with Crippen LogP contribution in [0, 0.1) is 12.7 Å². The highest BCUT2D eigenvalue weighted by Gasteiger charge is 2.37. The zero-order valence-electron chi connectivity index (χ0n) is 28.3. The maximum atomic E-state index is 14.5. The Labute approximate surface area is 276 Å². The topological polar surface area (TPSA) is 85.5 Å². The van der Waals surface area contributed by atoms with Gasteiger partial charge in [0.15, 0.2) is 6.10 Å². The van der Waals surface area contributed by atoms with E-state index in [0.29, 0.717) is 31.0 Å². The van der Waals surface area contributed by atoms with E-state index in [1.54, 1.807) is 6.07 Å². The lowest BCUT2D eigenvalue weighted by atomic mass is 9.92. The fourth-order valence-corrected chi connectivity index (χ4v) is 6.76. The van der Waals surface area contributed by atoms with E-state index in [0.717, 1.165) is 71.5 Å². The summed E-state index contributed by atoms with van der Waals surface area (Å²) in [6, 6.07) is 14.6. The summed E-state index contributed by atoms with van der Waals surface area (Å²) in [5, 5.41) is 10.5. The van der Waals surface area contributed by atoms with Crippen molar-refractivity contribution >= 4 is 17.4 Å². The SMILES string of the molecule is Cc1cc2nc3cn2c(c1C(OC(C)(C)C)C(=O)O)N1CCC(C)(CC1)OCCCCC(C)Oc1cc(F)ccc1-c1cccc-3c1. The molecule has 4 aromatic rings. The second kappa shape index (κ2) is 12.9. The summed E-state index contributed by atoms with van der Waals surface area (Å²) in [6.45, 7) is 13.8. The van der Waals surface area contributed by atoms with Crippen LogP contribution in [0.4, 0.5) is 10.2 Å². The number of piperidine rings is 1. The number of halogens is 1. The number of hydrogen-bond acceptors (Lipinski definition) is 6. The lowest BCUT2D eigenvalue weighted by Gasteiger charge is -2.41. The number of aliphatic carboxylic acids is 1. The van der Waals surface area contributed by atoms with Gasteiger partial charge in [-0.1, -0.05) is 18.2 Å². The Balaban J connectivity index is 1.53. The van der Waals surface area contributed by atoms with Crippen LogP contribution in [-0.2, 0) is 14.3 Å². The summed E-state index contributed by atoms with van der Waals surface area (Å²) < 4.78 is 35.5. The van der Waals surface area contributed by atoms with E-state index < -0.39 is 17.7 Å². The number of pyridine rings is 1. The Morgan fingerprint density at radius 1 is 1.11 bits per heavy atom. The van der Waals surface area contributed by atoms with Crippen molar-refractivity contribution in [2.75, 3.05) is 24.6 Å². The number of carboxylic acid groups (broad SMARTS) is 1. The Bertz CT molecular complexity index is 1770. The summed E-state index contributed by atoms with van der Waals surface area (Å²) in [6.07, 6.45) is 4.97. The molecular formula is C38H46FN3O5. The average molecular weight is 644 g/mol. The first-order valence-corrected chi connectivity index (χ1v) is 16.7. The lowest BCUT2D eigenvalue weighted by Crippen LogP contribution is -2.45. The molecular weight excluding hydrogens is 597 g/mol. The first kappa shape index (κ1) is 33.0. The standard InChI is InChI=1S/C38H46FN3O5/c1-24-20-32-40-30-23-42(32)35(33(24)34(36(43)44)47-37(3,4)5)41-17-15-38(6,16-18-41)45-19-8-7-10-25(2)46-31-22-28(39)13-14-29(31)26-11-9-12-27(30)21-26/h9,11-14,20-23,25,34H,7-8,10,15-19H2,1-6H3,(H,43,44). The first-order chi connectivity index (χ1) is 22.3. The van der Waals surface area contributed by atoms with Gasteiger partial charge in [0.25, 0.3) is 0 Å². The highest BCUT2D eigenvalue weighted by molar-refractivity contribution is 5.80. The fourth-order valence-electron chi connectivity index (χ4n) is 6.76. The van der Waals surface area contributed by atoms with Gasteiger partial charge in [-0.05, 0) is 109 Å². The molecule has 2 unspecified atom stereocenters. The van der Waals surface area contributed by atoms with Gasteiger partial charge in [0.2, 0.25) is 0 Å². The van der Waals surface area contributed by atoms with Crippen LogP contribution in [-0.4, -0.2) is 57.5 Å². The minimum atomic E-state index is -1.17. The molecule has 47 heavy (non-hydrogen) atoms. The van der Waals surface area contributed by atoms with Gasteiger partial charge in [0.1, 0.15) is 23.0 Å². The molecule has 2 aromatic heterocycles. The third-order valence-corrected chi connectivity index (χ3v) is 9.25. The van der Waals surface area contributed by atoms with Crippen LogP contribution in [0.15, 0.2) is 54.7 Å². The zero-order valence-corrected chi connectivity index (χ0v) is 28.3. The smallest absolute Gasteiger partial charge is 0.337 e. The van der Waals surface area contributed by atoms with Crippen molar-refractivity contribution in [3.63, 3.8) is 0 Å². The number of imidazole rings is 1. The van der Waals surface area contributed by atoms with Crippen molar-refractivity contribution in [2.24, 2.45) is 0 Å². The predicted octanol–water partition coefficient (Wildman–Crippen LogP) is 8.38. The van der Waals surface area contributed by atoms with Crippen molar-refractivity contribution in [1.29, 1.82) is 0 Å². The Kier molecular flexibility index (Phi) is 9.06. The lowest BCUT2D eigenvalue weighted by molar-refractivity contribution is -0.160. The second-order valence-corrected chi connectivity index (χ2v) is 14.3. The molecule has 6 bridgehead atoms. The summed E-state index contributed by atoms with van der Waals surface area (Å²) in [5.41, 5.74) is 4.51. The van der Waals surface area contributed by atoms with Crippen LogP contribution in [0.3, 0.4) is 0 Å². The minimum absolute atomic E-state index is 0.0886. The van der Waals surface area contributed by atoms with Crippen molar-refractivity contribution in [3.05, 3.63) is 71.7 Å². The van der Waals surface area contributed by atoms with E-state index in [-0.39, 0.29) is 17.5 Å². The van der Waals surface area contributed by atoms with Crippen molar-refractivity contribution in [3.8, 4) is 28.1 Å². The van der Waals surface area contributed by atoms with Gasteiger partial charge in [-0.3, -0.25) is 4.40 Å². The van der Waals surface area contributed by atoms with Gasteiger partial charge in [-0.15, -0.1) is 0 Å². The van der Waals surface area contributed by atoms with Crippen LogP contribution in [0.1, 0.15) is 84.0 Å². The molecule has 1 N–H and O–H groups in total. The minimum Gasteiger partial charge on any atom is -0.490 e. The van der Waals surface area contributed by atoms with Gasteiger partial charge in [-0.25, -0.2) is 14.2 Å². The number of carbonyl (C=O) groups is 1. The second-order valence-electron chi connectivity index (χ2n) is 14.3. The van der Waals surface area contributed by atoms with Gasteiger partial charge >= 0.3 is 5.97 Å². The Hall–Kier alpha value is -3.95. The zero-order chi connectivity index (χ0) is 33.5. The summed E-state index contributed by atoms with van der Waals surface area (Å²) in [5.74, 6) is -0.0856. The van der Waals surface area contributed by atoms with E-state index in [1.807, 2.05) is 75.5 Å². The predicted molar refractivity (Wildman–Crippen MR) is 182 cm³/mol. The molecule has 8 nitrogen and oxygen atoms in total. The molecule has 1 saturated heterocycles. The van der Waals surface area contributed by atoms with E-state index in [2.05, 4.69) is 11.8 Å². The van der Waals surface area contributed by atoms with E-state index >= 15 is 0 Å². The number of aromatic nitrogens is 2. The highest BCUT2D eigenvalue weighted by atomic mass is 19.1. The number of ether oxygens (including phenoxy) is 3. The number of aryl methyl sites for hydroxylation is 1. The number of hydrogen-bond donors (Lipinski definition) is 1. The average Bonchev–Trinajstić information content (AvgIpc) is 3.43. The first-order valence-electron chi connectivity index (χ1n) is 16.7. The summed E-state index contributed by atoms with van der Waals surface area (Å²) >= 11 is 0. The van der Waals surface area contributed by atoms with Gasteiger partial charge < -0.3 is 24.2 Å². The molecule has 3 aliphatic rings. The number of anilines is 1. The van der Waals surface area contributed by atoms with Crippen molar-refractivity contribution in [1.82, 2.24) is 9.38 Å². The van der Waals surface area contributed by atoms with Crippen LogP contribution in [0.5, 0.6) is 5.75 Å². The van der Waals surface area contributed by atoms with Gasteiger partial charge in [-0.2, -0.15) is 0 Å². The number of benzene rings is 2. The molecule has 9 heteroatoms.